The van der Waals surface area contributed by atoms with Gasteiger partial charge in [-0.05, 0) is 220 Å². The predicted molar refractivity (Wildman–Crippen MR) is 587 cm³/mol. The van der Waals surface area contributed by atoms with E-state index in [0.717, 1.165) is 88.1 Å². The van der Waals surface area contributed by atoms with Gasteiger partial charge in [-0.2, -0.15) is 32.5 Å². The van der Waals surface area contributed by atoms with Gasteiger partial charge in [0.15, 0.2) is 0 Å². The quantitative estimate of drug-likeness (QED) is 0.0461. The molecule has 10 aromatic carbocycles. The normalized spacial score (nSPS) is 24.7. The zero-order chi connectivity index (χ0) is 100. The Morgan fingerprint density at radius 2 is 0.664 bits per heavy atom. The molecule has 143 heavy (non-hydrogen) atoms. The van der Waals surface area contributed by atoms with Gasteiger partial charge in [0.1, 0.15) is 7.85 Å². The molecule has 5 fully saturated rings. The molecule has 24 heteroatoms. The van der Waals surface area contributed by atoms with Crippen LogP contribution in [0.5, 0.6) is 0 Å². The van der Waals surface area contributed by atoms with Crippen LogP contribution in [0.4, 0.5) is 43.4 Å². The second kappa shape index (κ2) is 66.3. The Labute approximate surface area is 938 Å². The number of hydrogen-bond donors (Lipinski definition) is 0. The maximum atomic E-state index is 12.1. The number of aryl methyl sites for hydroxylation is 1. The number of hydrogen-bond acceptors (Lipinski definition) is 5. The van der Waals surface area contributed by atoms with E-state index in [1.807, 2.05) is 55.8 Å². The molecule has 0 saturated heterocycles. The number of fused-ring (bicyclic) bond motifs is 2. The summed E-state index contributed by atoms with van der Waals surface area (Å²) in [5.41, 5.74) is 13.2. The standard InChI is InChI=1S/C35H30.2C18H22N2.C15H22.C12H11N2.C10H20.C8H3BF6.C2H4N.CH3.4BrH.3Fe.2Ni.Pd/c1-6-16-26(17-7-1)31-32(27-18-8-2-9-19-27)34(29-22-12-4-13-23-29)35(30-24-14-5-15-25-30)33(31)28-20-10-3-11-21-28;2*1-13(2)16-7-3-4-8-17(16)20-12-15-10-9-14-6-5-11-19-18(14)15;1-10-11(2)13(4)15(12(10)3)14-8-6-5-7-9-14;1-10-5-2-3-7-12(10)14-9-11-6-4-8-13-11;1-6-7(2)9(4)10(5)8(6)3;9-6-2-4(7(10,11)12)1-5(3-6)8(13,14)15;1-2-3;;;;;;;;;;;/h1-25,31-35H;2*3-8,11-15,18H,9-10H2,1-2H3;5-13,15H,1-4H3;2-9H,1H3;6-10H,1-5H3;1-3H;2H,1H3;1H3;4*1H;;;;;;/q;;;;-1;;;2*-1;;;;;;;;2*+2;/p-4. The first-order chi connectivity index (χ1) is 66.3. The summed E-state index contributed by atoms with van der Waals surface area (Å²) in [7, 11) is 7.45. The van der Waals surface area contributed by atoms with Crippen LogP contribution in [0.15, 0.2) is 341 Å². The summed E-state index contributed by atoms with van der Waals surface area (Å²) in [5, 5.41) is 7.44. The van der Waals surface area contributed by atoms with Crippen molar-refractivity contribution in [3.8, 4) is 0 Å². The van der Waals surface area contributed by atoms with Crippen LogP contribution in [0.3, 0.4) is 0 Å². The number of para-hydroxylation sites is 3. The molecular formula is C119H137BBr4F6Fe3N7Ni2Pd-3. The van der Waals surface area contributed by atoms with Crippen LogP contribution in [0.2, 0.25) is 0 Å². The predicted octanol–water partition coefficient (Wildman–Crippen LogP) is 35.2. The van der Waals surface area contributed by atoms with Gasteiger partial charge >= 0.3 is 91.1 Å². The van der Waals surface area contributed by atoms with E-state index in [2.05, 4.69) is 434 Å². The molecule has 0 amide bonds. The molecular weight excluding hydrogens is 2360 g/mol. The Bertz CT molecular complexity index is 5170. The average molecular weight is 2500 g/mol. The van der Waals surface area contributed by atoms with E-state index < -0.39 is 28.9 Å². The van der Waals surface area contributed by atoms with Crippen LogP contribution >= 0.6 is 56.9 Å². The summed E-state index contributed by atoms with van der Waals surface area (Å²) >= 11 is 12.0. The summed E-state index contributed by atoms with van der Waals surface area (Å²) in [6, 6.07) is 97.6. The first-order valence-electron chi connectivity index (χ1n) is 48.1. The Kier molecular flexibility index (Phi) is 59.9. The molecule has 0 spiro atoms. The Hall–Kier alpha value is -6.25. The molecule has 10 atom stereocenters. The number of alkyl halides is 6. The number of halogens is 10. The van der Waals surface area contributed by atoms with Crippen LogP contribution < -0.4 is 10.4 Å². The number of dihydropyridines is 2. The smallest absolute Gasteiger partial charge is 0 e. The third-order valence-corrected chi connectivity index (χ3v) is 29.2. The van der Waals surface area contributed by atoms with E-state index in [-0.39, 0.29) is 85.1 Å². The SMILES string of the molecule is CC(C)c1ccccc1N=CC1CCC2C=CC=NC21.CC(C)c1ccccc1N=CC1CCC2C=CC=NC21.CC1C(C)C(C)C(C)C1C.CC1C(C)C(C)C(c2ccccc2)C1C.CC=[N-].Cc1ccccc1N=Cc1ccc[n-]1.[B]c1cc(C(F)(F)F)cc(C(F)(F)F)c1.[Br][Ni][Br].[Br][Ni][Br].[CH3-].[Fe].[Fe].[Fe].[Pd].c1ccc(C2C(c3ccccc3)C(c3ccccc3)C(c3ccccc3)C2c2ccccc2)cc1. The molecule has 2 aliphatic heterocycles. The van der Waals surface area contributed by atoms with E-state index in [4.69, 9.17) is 23.2 Å². The number of rotatable bonds is 14. The van der Waals surface area contributed by atoms with Gasteiger partial charge in [0.25, 0.3) is 0 Å². The van der Waals surface area contributed by atoms with Gasteiger partial charge in [0, 0.05) is 126 Å². The van der Waals surface area contributed by atoms with Gasteiger partial charge in [0.2, 0.25) is 0 Å². The maximum absolute atomic E-state index is 12.1. The Morgan fingerprint density at radius 3 is 0.944 bits per heavy atom. The summed E-state index contributed by atoms with van der Waals surface area (Å²) in [6.07, 6.45) is 16.7. The fourth-order valence-electron chi connectivity index (χ4n) is 21.0. The van der Waals surface area contributed by atoms with E-state index in [0.29, 0.717) is 89.3 Å². The second-order valence-electron chi connectivity index (χ2n) is 37.8. The van der Waals surface area contributed by atoms with Crippen molar-refractivity contribution < 1.29 is 120 Å². The Balaban J connectivity index is 0.000000352. The van der Waals surface area contributed by atoms with Crippen LogP contribution in [0.25, 0.3) is 5.41 Å². The number of aromatic nitrogens is 1. The number of benzene rings is 10. The maximum Gasteiger partial charge on any atom is 0 e. The number of allylic oxidation sites excluding steroid dienone is 2. The summed E-state index contributed by atoms with van der Waals surface area (Å²) < 4.78 is 72.7. The molecule has 778 valence electrons. The van der Waals surface area contributed by atoms with Crippen LogP contribution in [-0.2, 0) is 106 Å². The monoisotopic (exact) mass is 2490 g/mol. The molecule has 0 N–H and O–H groups in total. The fraction of sp³-hybridized carbons (Fsp3) is 0.370. The van der Waals surface area contributed by atoms with Crippen molar-refractivity contribution in [1.29, 1.82) is 0 Å². The summed E-state index contributed by atoms with van der Waals surface area (Å²) in [6.45, 7) is 34.1. The first-order valence-corrected chi connectivity index (χ1v) is 57.8. The molecule has 5 saturated carbocycles. The molecule has 18 rings (SSSR count). The number of nitrogens with zero attached hydrogens (tertiary/aromatic N) is 7. The zero-order valence-electron chi connectivity index (χ0n) is 84.1. The average Bonchev–Trinajstić information content (AvgIpc) is 1.57. The van der Waals surface area contributed by atoms with E-state index in [1.54, 1.807) is 19.3 Å². The van der Waals surface area contributed by atoms with Gasteiger partial charge in [-0.1, -0.05) is 375 Å². The minimum Gasteiger partial charge on any atom is -0.358 e. The third kappa shape index (κ3) is 38.0. The van der Waals surface area contributed by atoms with Crippen molar-refractivity contribution in [3.05, 3.63) is 395 Å². The third-order valence-electron chi connectivity index (χ3n) is 29.2. The van der Waals surface area contributed by atoms with Crippen LogP contribution in [-0.4, -0.2) is 57.2 Å². The van der Waals surface area contributed by atoms with Crippen molar-refractivity contribution in [2.24, 2.45) is 102 Å². The topological polar surface area (TPSA) is 98.2 Å². The van der Waals surface area contributed by atoms with E-state index >= 15 is 0 Å². The summed E-state index contributed by atoms with van der Waals surface area (Å²) in [4.78, 5) is 27.3. The van der Waals surface area contributed by atoms with Gasteiger partial charge < -0.3 is 17.8 Å². The largest absolute Gasteiger partial charge is 0.358 e. The molecule has 11 aromatic rings. The zero-order valence-corrected chi connectivity index (χ0v) is 97.3. The van der Waals surface area contributed by atoms with Gasteiger partial charge in [-0.25, -0.2) is 6.21 Å². The minimum atomic E-state index is -4.84. The summed E-state index contributed by atoms with van der Waals surface area (Å²) in [5.74, 6) is 13.8. The van der Waals surface area contributed by atoms with Gasteiger partial charge in [-0.3, -0.25) is 25.0 Å². The van der Waals surface area contributed by atoms with Gasteiger partial charge in [-0.15, -0.1) is 5.69 Å². The molecule has 1 aromatic heterocycles. The van der Waals surface area contributed by atoms with Gasteiger partial charge in [0.05, 0.1) is 40.3 Å². The molecule has 5 aliphatic carbocycles. The molecule has 10 unspecified atom stereocenters. The molecule has 3 heterocycles. The minimum absolute atomic E-state index is 0. The number of aliphatic imine (C=N–C) groups is 5. The Morgan fingerprint density at radius 1 is 0.392 bits per heavy atom. The van der Waals surface area contributed by atoms with Crippen molar-refractivity contribution in [1.82, 2.24) is 4.98 Å². The van der Waals surface area contributed by atoms with Crippen molar-refractivity contribution in [2.45, 2.75) is 201 Å². The van der Waals surface area contributed by atoms with Crippen LogP contribution in [0, 0.1) is 91.3 Å². The van der Waals surface area contributed by atoms with Crippen molar-refractivity contribution in [3.63, 3.8) is 0 Å². The van der Waals surface area contributed by atoms with Crippen molar-refractivity contribution in [2.75, 3.05) is 0 Å². The van der Waals surface area contributed by atoms with Crippen LogP contribution in [0.1, 0.15) is 237 Å². The van der Waals surface area contributed by atoms with Crippen molar-refractivity contribution >= 4 is 125 Å². The second-order valence-corrected chi connectivity index (χ2v) is 47.8. The van der Waals surface area contributed by atoms with E-state index in [1.165, 1.54) is 97.6 Å². The molecule has 7 nitrogen and oxygen atoms in total. The fourth-order valence-corrected chi connectivity index (χ4v) is 21.0. The molecule has 7 aliphatic rings. The molecule has 2 radical (unpaired) electrons. The first kappa shape index (κ1) is 129. The van der Waals surface area contributed by atoms with E-state index in [9.17, 15) is 26.3 Å². The molecule has 0 bridgehead atoms.